The number of nitrogens with one attached hydrogen (secondary N) is 3. The molecule has 1 amide bonds. The largest absolute Gasteiger partial charge is 0.348 e. The van der Waals surface area contributed by atoms with Crippen molar-refractivity contribution in [2.45, 2.75) is 43.9 Å². The average Bonchev–Trinajstić information content (AvgIpc) is 2.60. The van der Waals surface area contributed by atoms with Crippen LogP contribution >= 0.6 is 12.2 Å². The Morgan fingerprint density at radius 1 is 1.32 bits per heavy atom. The first-order valence-corrected chi connectivity index (χ1v) is 10.2. The summed E-state index contributed by atoms with van der Waals surface area (Å²) >= 11 is 4.98. The van der Waals surface area contributed by atoms with Crippen LogP contribution in [0.5, 0.6) is 0 Å². The normalized spacial score (nSPS) is 21.8. The van der Waals surface area contributed by atoms with Crippen molar-refractivity contribution >= 4 is 39.8 Å². The Kier molecular flexibility index (Phi) is 5.48. The molecule has 134 valence electrons. The number of carbonyl (C=O) groups excluding carboxylic acids is 1. The van der Waals surface area contributed by atoms with E-state index in [1.165, 1.54) is 0 Å². The van der Waals surface area contributed by atoms with Crippen LogP contribution in [0.4, 0.5) is 0 Å². The first-order valence-electron chi connectivity index (χ1n) is 8.44. The second-order valence-corrected chi connectivity index (χ2v) is 8.59. The molecular weight excluding hydrogens is 358 g/mol. The Hall–Kier alpha value is -1.80. The fraction of sp³-hybridized carbons (Fsp3) is 0.471. The Morgan fingerprint density at radius 3 is 2.84 bits per heavy atom. The maximum absolute atomic E-state index is 12.6. The molecule has 1 aromatic carbocycles. The van der Waals surface area contributed by atoms with Gasteiger partial charge in [0, 0.05) is 28.2 Å². The number of aromatic nitrogens is 2. The highest BCUT2D eigenvalue weighted by molar-refractivity contribution is 7.85. The average molecular weight is 380 g/mol. The maximum Gasteiger partial charge on any atom is 0.259 e. The van der Waals surface area contributed by atoms with Gasteiger partial charge < -0.3 is 10.3 Å². The van der Waals surface area contributed by atoms with Crippen LogP contribution in [-0.4, -0.2) is 37.1 Å². The van der Waals surface area contributed by atoms with Gasteiger partial charge in [-0.15, -0.1) is 0 Å². The molecule has 0 radical (unpaired) electrons. The van der Waals surface area contributed by atoms with Crippen LogP contribution in [0.2, 0.25) is 0 Å². The molecule has 3 rings (SSSR count). The number of H-pyrrole nitrogens is 2. The Bertz CT molecular complexity index is 935. The van der Waals surface area contributed by atoms with Gasteiger partial charge in [-0.3, -0.25) is 18.8 Å². The van der Waals surface area contributed by atoms with E-state index >= 15 is 0 Å². The molecule has 0 unspecified atom stereocenters. The fourth-order valence-corrected chi connectivity index (χ4v) is 4.98. The Labute approximate surface area is 152 Å². The van der Waals surface area contributed by atoms with E-state index in [2.05, 4.69) is 15.3 Å². The monoisotopic (exact) mass is 379 g/mol. The molecule has 1 fully saturated rings. The predicted molar refractivity (Wildman–Crippen MR) is 102 cm³/mol. The molecule has 3 atom stereocenters. The van der Waals surface area contributed by atoms with Crippen molar-refractivity contribution in [2.75, 3.05) is 5.75 Å². The van der Waals surface area contributed by atoms with E-state index in [0.29, 0.717) is 22.2 Å². The van der Waals surface area contributed by atoms with Crippen molar-refractivity contribution in [1.82, 2.24) is 15.3 Å². The van der Waals surface area contributed by atoms with Crippen LogP contribution in [0.1, 0.15) is 43.0 Å². The lowest BCUT2D eigenvalue weighted by molar-refractivity contribution is 0.0929. The molecule has 1 aromatic heterocycles. The molecular formula is C17H21N3O3S2. The van der Waals surface area contributed by atoms with E-state index in [0.717, 1.165) is 25.7 Å². The van der Waals surface area contributed by atoms with Crippen molar-refractivity contribution in [3.63, 3.8) is 0 Å². The number of benzene rings is 1. The van der Waals surface area contributed by atoms with Gasteiger partial charge in [0.15, 0.2) is 4.77 Å². The predicted octanol–water partition coefficient (Wildman–Crippen LogP) is 2.40. The highest BCUT2D eigenvalue weighted by Crippen LogP contribution is 2.23. The highest BCUT2D eigenvalue weighted by atomic mass is 32.2. The van der Waals surface area contributed by atoms with Gasteiger partial charge in [-0.05, 0) is 43.3 Å². The van der Waals surface area contributed by atoms with Gasteiger partial charge in [-0.2, -0.15) is 0 Å². The number of fused-ring (bicyclic) bond motifs is 1. The molecule has 0 spiro atoms. The first-order chi connectivity index (χ1) is 12.0. The summed E-state index contributed by atoms with van der Waals surface area (Å²) in [5, 5.41) is 3.50. The van der Waals surface area contributed by atoms with Gasteiger partial charge in [-0.25, -0.2) is 0 Å². The van der Waals surface area contributed by atoms with Gasteiger partial charge >= 0.3 is 0 Å². The lowest BCUT2D eigenvalue weighted by atomic mass is 9.94. The maximum atomic E-state index is 12.6. The van der Waals surface area contributed by atoms with Crippen molar-refractivity contribution in [2.24, 2.45) is 0 Å². The highest BCUT2D eigenvalue weighted by Gasteiger charge is 2.30. The standard InChI is InChI=1S/C17H21N3O3S2/c1-2-25(23)14-6-4-3-5-12(14)18-15(21)10-7-8-11-13(9-10)19-17(24)20-16(11)22/h7-9,12,14H,2-6H2,1H3,(H,18,21)(H2,19,20,22,24)/t12-,14+,25-/m0/s1. The second-order valence-electron chi connectivity index (χ2n) is 6.24. The smallest absolute Gasteiger partial charge is 0.259 e. The third kappa shape index (κ3) is 3.90. The summed E-state index contributed by atoms with van der Waals surface area (Å²) in [4.78, 5) is 29.9. The van der Waals surface area contributed by atoms with Crippen LogP contribution in [0.3, 0.4) is 0 Å². The molecule has 2 aromatic rings. The van der Waals surface area contributed by atoms with E-state index in [1.54, 1.807) is 18.2 Å². The Balaban J connectivity index is 1.85. The summed E-state index contributed by atoms with van der Waals surface area (Å²) < 4.78 is 12.5. The molecule has 8 heteroatoms. The molecule has 25 heavy (non-hydrogen) atoms. The van der Waals surface area contributed by atoms with E-state index in [4.69, 9.17) is 12.2 Å². The molecule has 1 heterocycles. The summed E-state index contributed by atoms with van der Waals surface area (Å²) in [7, 11) is -0.925. The summed E-state index contributed by atoms with van der Waals surface area (Å²) in [5.74, 6) is 0.387. The number of hydrogen-bond acceptors (Lipinski definition) is 4. The summed E-state index contributed by atoms with van der Waals surface area (Å²) in [6.45, 7) is 1.91. The third-order valence-electron chi connectivity index (χ3n) is 4.64. The lowest BCUT2D eigenvalue weighted by Gasteiger charge is -2.31. The zero-order valence-electron chi connectivity index (χ0n) is 14.0. The third-order valence-corrected chi connectivity index (χ3v) is 6.66. The van der Waals surface area contributed by atoms with E-state index < -0.39 is 10.8 Å². The molecule has 1 saturated carbocycles. The van der Waals surface area contributed by atoms with E-state index in [1.807, 2.05) is 6.92 Å². The van der Waals surface area contributed by atoms with Crippen LogP contribution in [0, 0.1) is 4.77 Å². The minimum atomic E-state index is -0.925. The van der Waals surface area contributed by atoms with Crippen LogP contribution in [0.15, 0.2) is 23.0 Å². The van der Waals surface area contributed by atoms with Crippen LogP contribution in [0.25, 0.3) is 10.9 Å². The molecule has 0 saturated heterocycles. The van der Waals surface area contributed by atoms with Gasteiger partial charge in [0.2, 0.25) is 0 Å². The van der Waals surface area contributed by atoms with E-state index in [-0.39, 0.29) is 27.5 Å². The van der Waals surface area contributed by atoms with Crippen molar-refractivity contribution in [3.8, 4) is 0 Å². The SMILES string of the molecule is CC[S@](=O)[C@@H]1CCCC[C@@H]1NC(=O)c1ccc2c(=O)[nH]c(=S)[nH]c2c1. The first kappa shape index (κ1) is 18.0. The Morgan fingerprint density at radius 2 is 2.08 bits per heavy atom. The quantitative estimate of drug-likeness (QED) is 0.711. The fourth-order valence-electron chi connectivity index (χ4n) is 3.35. The minimum Gasteiger partial charge on any atom is -0.348 e. The van der Waals surface area contributed by atoms with Gasteiger partial charge in [0.1, 0.15) is 0 Å². The van der Waals surface area contributed by atoms with Crippen molar-refractivity contribution in [1.29, 1.82) is 0 Å². The molecule has 1 aliphatic carbocycles. The zero-order chi connectivity index (χ0) is 18.0. The van der Waals surface area contributed by atoms with E-state index in [9.17, 15) is 13.8 Å². The number of rotatable bonds is 4. The molecule has 0 aliphatic heterocycles. The van der Waals surface area contributed by atoms with Gasteiger partial charge in [0.25, 0.3) is 11.5 Å². The minimum absolute atomic E-state index is 0.0109. The van der Waals surface area contributed by atoms with Crippen molar-refractivity contribution in [3.05, 3.63) is 38.9 Å². The zero-order valence-corrected chi connectivity index (χ0v) is 15.6. The summed E-state index contributed by atoms with van der Waals surface area (Å²) in [6, 6.07) is 4.79. The van der Waals surface area contributed by atoms with Crippen LogP contribution in [-0.2, 0) is 10.8 Å². The van der Waals surface area contributed by atoms with Gasteiger partial charge in [-0.1, -0.05) is 19.8 Å². The molecule has 0 bridgehead atoms. The number of carbonyl (C=O) groups is 1. The van der Waals surface area contributed by atoms with Gasteiger partial charge in [0.05, 0.1) is 16.2 Å². The second kappa shape index (κ2) is 7.61. The summed E-state index contributed by atoms with van der Waals surface area (Å²) in [5.41, 5.74) is 0.700. The number of amides is 1. The number of aromatic amines is 2. The lowest BCUT2D eigenvalue weighted by Crippen LogP contribution is -2.47. The topological polar surface area (TPSA) is 94.8 Å². The molecule has 1 aliphatic rings. The van der Waals surface area contributed by atoms with Crippen molar-refractivity contribution < 1.29 is 9.00 Å². The number of hydrogen-bond donors (Lipinski definition) is 3. The molecule has 3 N–H and O–H groups in total. The molecule has 6 nitrogen and oxygen atoms in total. The van der Waals surface area contributed by atoms with Crippen LogP contribution < -0.4 is 10.9 Å². The summed E-state index contributed by atoms with van der Waals surface area (Å²) in [6.07, 6.45) is 3.81.